The summed E-state index contributed by atoms with van der Waals surface area (Å²) in [6.45, 7) is 8.74. The summed E-state index contributed by atoms with van der Waals surface area (Å²) in [5.74, 6) is -0.634. The highest BCUT2D eigenvalue weighted by Gasteiger charge is 2.55. The highest BCUT2D eigenvalue weighted by atomic mass is 127. The topological polar surface area (TPSA) is 18.5 Å². The van der Waals surface area contributed by atoms with E-state index in [4.69, 9.17) is 9.47 Å². The van der Waals surface area contributed by atoms with Gasteiger partial charge in [-0.15, -0.1) is 0 Å². The summed E-state index contributed by atoms with van der Waals surface area (Å²) in [7, 11) is 0. The van der Waals surface area contributed by atoms with Crippen molar-refractivity contribution in [2.45, 2.75) is 70.4 Å². The van der Waals surface area contributed by atoms with Crippen molar-refractivity contribution in [2.75, 3.05) is 0 Å². The molecular formula is C15H22I2O2. The molecule has 2 nitrogen and oxygen atoms in total. The first-order chi connectivity index (χ1) is 8.91. The van der Waals surface area contributed by atoms with Crippen LogP contribution in [0.3, 0.4) is 0 Å². The van der Waals surface area contributed by atoms with Crippen LogP contribution in [0.25, 0.3) is 0 Å². The first kappa shape index (κ1) is 16.2. The van der Waals surface area contributed by atoms with Gasteiger partial charge in [0.2, 0.25) is 5.79 Å². The molecule has 2 aliphatic rings. The molecule has 2 rings (SSSR count). The maximum atomic E-state index is 6.43. The summed E-state index contributed by atoms with van der Waals surface area (Å²) >= 11 is 4.83. The minimum Gasteiger partial charge on any atom is -0.331 e. The maximum Gasteiger partial charge on any atom is 0.211 e. The average molecular weight is 488 g/mol. The van der Waals surface area contributed by atoms with Crippen LogP contribution in [0.15, 0.2) is 19.3 Å². The first-order valence-electron chi connectivity index (χ1n) is 7.09. The molecule has 108 valence electrons. The molecular weight excluding hydrogens is 466 g/mol. The van der Waals surface area contributed by atoms with Gasteiger partial charge in [-0.2, -0.15) is 0 Å². The zero-order valence-corrected chi connectivity index (χ0v) is 16.4. The molecule has 0 fully saturated rings. The van der Waals surface area contributed by atoms with Crippen molar-refractivity contribution in [1.82, 2.24) is 0 Å². The van der Waals surface area contributed by atoms with Gasteiger partial charge in [-0.05, 0) is 83.0 Å². The standard InChI is InChI=1S/C15H22I2O2/c1-5-13(6-2)11(16)9-15(18-13)10-12(17)14(7-3,8-4)19-15/h9-10H,5-8H2,1-4H3. The molecule has 0 unspecified atom stereocenters. The average Bonchev–Trinajstić information content (AvgIpc) is 2.84. The lowest BCUT2D eigenvalue weighted by molar-refractivity contribution is -0.237. The molecule has 0 aliphatic carbocycles. The number of rotatable bonds is 4. The summed E-state index contributed by atoms with van der Waals surface area (Å²) in [4.78, 5) is 0. The van der Waals surface area contributed by atoms with Gasteiger partial charge < -0.3 is 9.47 Å². The number of hydrogen-bond donors (Lipinski definition) is 0. The lowest BCUT2D eigenvalue weighted by Crippen LogP contribution is -2.40. The van der Waals surface area contributed by atoms with Crippen molar-refractivity contribution >= 4 is 45.2 Å². The van der Waals surface area contributed by atoms with E-state index in [1.807, 2.05) is 0 Å². The van der Waals surface area contributed by atoms with Crippen LogP contribution in [-0.2, 0) is 9.47 Å². The first-order valence-corrected chi connectivity index (χ1v) is 9.25. The molecule has 0 aromatic carbocycles. The molecule has 19 heavy (non-hydrogen) atoms. The van der Waals surface area contributed by atoms with Crippen LogP contribution in [0.1, 0.15) is 53.4 Å². The largest absolute Gasteiger partial charge is 0.331 e. The summed E-state index contributed by atoms with van der Waals surface area (Å²) in [5.41, 5.74) is -0.322. The van der Waals surface area contributed by atoms with Crippen LogP contribution in [0.2, 0.25) is 0 Å². The molecule has 2 aliphatic heterocycles. The SMILES string of the molecule is CCC1(CC)OC2(C=C1I)C=C(I)C(CC)(CC)O2. The minimum atomic E-state index is -0.634. The quantitative estimate of drug-likeness (QED) is 0.487. The molecule has 0 atom stereocenters. The van der Waals surface area contributed by atoms with E-state index in [1.165, 1.54) is 7.16 Å². The molecule has 0 saturated heterocycles. The van der Waals surface area contributed by atoms with E-state index >= 15 is 0 Å². The fourth-order valence-electron chi connectivity index (χ4n) is 2.97. The maximum absolute atomic E-state index is 6.43. The Balaban J connectivity index is 2.36. The molecule has 0 amide bonds. The van der Waals surface area contributed by atoms with Gasteiger partial charge in [-0.3, -0.25) is 0 Å². The number of halogens is 2. The predicted molar refractivity (Wildman–Crippen MR) is 95.7 cm³/mol. The second-order valence-corrected chi connectivity index (χ2v) is 7.64. The van der Waals surface area contributed by atoms with Crippen LogP contribution in [-0.4, -0.2) is 17.0 Å². The fraction of sp³-hybridized carbons (Fsp3) is 0.733. The van der Waals surface area contributed by atoms with Gasteiger partial charge in [0.1, 0.15) is 11.2 Å². The van der Waals surface area contributed by atoms with Gasteiger partial charge in [-0.1, -0.05) is 27.7 Å². The summed E-state index contributed by atoms with van der Waals surface area (Å²) in [6.07, 6.45) is 8.29. The Morgan fingerprint density at radius 2 is 1.11 bits per heavy atom. The van der Waals surface area contributed by atoms with Crippen LogP contribution >= 0.6 is 45.2 Å². The second-order valence-electron chi connectivity index (χ2n) is 5.31. The Bertz CT molecular complexity index is 378. The molecule has 1 spiro atoms. The molecule has 0 aromatic heterocycles. The molecule has 0 saturated carbocycles. The van der Waals surface area contributed by atoms with E-state index in [9.17, 15) is 0 Å². The summed E-state index contributed by atoms with van der Waals surface area (Å²) in [6, 6.07) is 0. The minimum absolute atomic E-state index is 0.161. The summed E-state index contributed by atoms with van der Waals surface area (Å²) in [5, 5.41) is 0. The van der Waals surface area contributed by atoms with E-state index in [1.54, 1.807) is 0 Å². The predicted octanol–water partition coefficient (Wildman–Crippen LogP) is 5.50. The molecule has 0 radical (unpaired) electrons. The number of ether oxygens (including phenoxy) is 2. The highest BCUT2D eigenvalue weighted by molar-refractivity contribution is 14.1. The zero-order chi connectivity index (χ0) is 14.3. The van der Waals surface area contributed by atoms with E-state index in [0.717, 1.165) is 25.7 Å². The zero-order valence-electron chi connectivity index (χ0n) is 12.1. The lowest BCUT2D eigenvalue weighted by Gasteiger charge is -2.35. The highest BCUT2D eigenvalue weighted by Crippen LogP contribution is 2.54. The normalized spacial score (nSPS) is 26.6. The van der Waals surface area contributed by atoms with Gasteiger partial charge >= 0.3 is 0 Å². The molecule has 2 heterocycles. The molecule has 0 bridgehead atoms. The Labute approximate surface area is 143 Å². The van der Waals surface area contributed by atoms with E-state index in [-0.39, 0.29) is 11.2 Å². The Hall–Kier alpha value is 0.860. The third-order valence-corrected chi connectivity index (χ3v) is 7.11. The molecule has 4 heteroatoms. The van der Waals surface area contributed by atoms with Gasteiger partial charge in [0.05, 0.1) is 0 Å². The summed E-state index contributed by atoms with van der Waals surface area (Å²) < 4.78 is 15.4. The van der Waals surface area contributed by atoms with Crippen LogP contribution in [0.5, 0.6) is 0 Å². The van der Waals surface area contributed by atoms with Crippen molar-refractivity contribution < 1.29 is 9.47 Å². The fourth-order valence-corrected chi connectivity index (χ4v) is 5.58. The van der Waals surface area contributed by atoms with Crippen molar-refractivity contribution in [3.63, 3.8) is 0 Å². The van der Waals surface area contributed by atoms with Gasteiger partial charge in [0.25, 0.3) is 0 Å². The molecule has 0 aromatic rings. The van der Waals surface area contributed by atoms with Crippen LogP contribution < -0.4 is 0 Å². The Morgan fingerprint density at radius 3 is 1.32 bits per heavy atom. The van der Waals surface area contributed by atoms with Crippen molar-refractivity contribution in [3.8, 4) is 0 Å². The Morgan fingerprint density at radius 1 is 0.789 bits per heavy atom. The Kier molecular flexibility index (Phi) is 4.76. The van der Waals surface area contributed by atoms with Crippen molar-refractivity contribution in [3.05, 3.63) is 19.3 Å². The number of hydrogen-bond acceptors (Lipinski definition) is 2. The van der Waals surface area contributed by atoms with E-state index in [0.29, 0.717) is 0 Å². The van der Waals surface area contributed by atoms with E-state index < -0.39 is 5.79 Å². The van der Waals surface area contributed by atoms with Crippen molar-refractivity contribution in [1.29, 1.82) is 0 Å². The van der Waals surface area contributed by atoms with Gasteiger partial charge in [0.15, 0.2) is 0 Å². The van der Waals surface area contributed by atoms with Gasteiger partial charge in [-0.25, -0.2) is 0 Å². The third-order valence-electron chi connectivity index (χ3n) is 4.52. The monoisotopic (exact) mass is 488 g/mol. The van der Waals surface area contributed by atoms with Gasteiger partial charge in [0, 0.05) is 7.16 Å². The van der Waals surface area contributed by atoms with Crippen LogP contribution in [0, 0.1) is 0 Å². The van der Waals surface area contributed by atoms with Crippen molar-refractivity contribution in [2.24, 2.45) is 0 Å². The third kappa shape index (κ3) is 2.44. The molecule has 0 N–H and O–H groups in total. The van der Waals surface area contributed by atoms with Crippen LogP contribution in [0.4, 0.5) is 0 Å². The lowest BCUT2D eigenvalue weighted by atomic mass is 9.98. The van der Waals surface area contributed by atoms with E-state index in [2.05, 4.69) is 85.0 Å². The second kappa shape index (κ2) is 5.57. The smallest absolute Gasteiger partial charge is 0.211 e.